The predicted molar refractivity (Wildman–Crippen MR) is 87.0 cm³/mol. The van der Waals surface area contributed by atoms with Gasteiger partial charge in [0.25, 0.3) is 0 Å². The molecule has 0 spiro atoms. The number of aromatic nitrogens is 3. The van der Waals surface area contributed by atoms with E-state index in [0.717, 1.165) is 5.69 Å². The number of anilines is 1. The lowest BCUT2D eigenvalue weighted by molar-refractivity contribution is -0.133. The van der Waals surface area contributed by atoms with Gasteiger partial charge >= 0.3 is 0 Å². The maximum Gasteiger partial charge on any atom is 0.229 e. The minimum atomic E-state index is -0.0559. The second kappa shape index (κ2) is 6.91. The molecule has 0 bridgehead atoms. The summed E-state index contributed by atoms with van der Waals surface area (Å²) in [7, 11) is 1.88. The first-order valence-electron chi connectivity index (χ1n) is 7.57. The number of rotatable bonds is 4. The van der Waals surface area contributed by atoms with Crippen molar-refractivity contribution in [1.82, 2.24) is 19.4 Å². The Kier molecular flexibility index (Phi) is 4.71. The lowest BCUT2D eigenvalue weighted by atomic mass is 9.95. The van der Waals surface area contributed by atoms with Crippen LogP contribution in [-0.4, -0.2) is 44.3 Å². The van der Waals surface area contributed by atoms with Gasteiger partial charge in [-0.1, -0.05) is 0 Å². The van der Waals surface area contributed by atoms with Crippen LogP contribution in [0.25, 0.3) is 0 Å². The molecule has 0 saturated carbocycles. The van der Waals surface area contributed by atoms with Crippen LogP contribution in [0.1, 0.15) is 18.5 Å². The maximum absolute atomic E-state index is 12.3. The Morgan fingerprint density at radius 2 is 2.17 bits per heavy atom. The van der Waals surface area contributed by atoms with E-state index in [9.17, 15) is 9.59 Å². The zero-order valence-electron chi connectivity index (χ0n) is 12.9. The van der Waals surface area contributed by atoms with Gasteiger partial charge in [0.15, 0.2) is 5.13 Å². The predicted octanol–water partition coefficient (Wildman–Crippen LogP) is 1.30. The second-order valence-electron chi connectivity index (χ2n) is 5.65. The van der Waals surface area contributed by atoms with Gasteiger partial charge in [-0.05, 0) is 12.8 Å². The van der Waals surface area contributed by atoms with E-state index in [4.69, 9.17) is 0 Å². The molecule has 0 unspecified atom stereocenters. The van der Waals surface area contributed by atoms with Gasteiger partial charge in [-0.25, -0.2) is 9.97 Å². The first kappa shape index (κ1) is 15.7. The molecule has 0 aromatic carbocycles. The van der Waals surface area contributed by atoms with Crippen molar-refractivity contribution in [2.45, 2.75) is 19.3 Å². The fourth-order valence-electron chi connectivity index (χ4n) is 2.71. The van der Waals surface area contributed by atoms with Crippen LogP contribution in [0.5, 0.6) is 0 Å². The number of aryl methyl sites for hydroxylation is 1. The number of hydrogen-bond donors (Lipinski definition) is 1. The molecule has 0 radical (unpaired) electrons. The standard InChI is InChI=1S/C15H19N5O2S/c1-19-10-16-9-12(19)8-13(21)20-5-2-11(3-6-20)14(22)18-15-17-4-7-23-15/h4,7,9-11H,2-3,5-6,8H2,1H3,(H,17,18,22). The first-order chi connectivity index (χ1) is 11.1. The third-order valence-corrected chi connectivity index (χ3v) is 4.82. The Hall–Kier alpha value is -2.22. The van der Waals surface area contributed by atoms with Gasteiger partial charge in [-0.3, -0.25) is 9.59 Å². The third-order valence-electron chi connectivity index (χ3n) is 4.13. The third kappa shape index (κ3) is 3.76. The molecule has 1 aliphatic rings. The van der Waals surface area contributed by atoms with E-state index < -0.39 is 0 Å². The van der Waals surface area contributed by atoms with Gasteiger partial charge in [0.1, 0.15) is 0 Å². The molecule has 1 aliphatic heterocycles. The van der Waals surface area contributed by atoms with Crippen molar-refractivity contribution in [3.8, 4) is 0 Å². The highest BCUT2D eigenvalue weighted by atomic mass is 32.1. The van der Waals surface area contributed by atoms with Crippen LogP contribution in [0, 0.1) is 5.92 Å². The zero-order chi connectivity index (χ0) is 16.2. The van der Waals surface area contributed by atoms with E-state index >= 15 is 0 Å². The van der Waals surface area contributed by atoms with Crippen molar-refractivity contribution in [3.05, 3.63) is 29.8 Å². The molecular weight excluding hydrogens is 314 g/mol. The molecule has 0 aliphatic carbocycles. The number of piperidine rings is 1. The highest BCUT2D eigenvalue weighted by Crippen LogP contribution is 2.21. The molecule has 1 saturated heterocycles. The minimum Gasteiger partial charge on any atom is -0.342 e. The van der Waals surface area contributed by atoms with Crippen molar-refractivity contribution in [2.75, 3.05) is 18.4 Å². The second-order valence-corrected chi connectivity index (χ2v) is 6.55. The zero-order valence-corrected chi connectivity index (χ0v) is 13.8. The molecule has 1 fully saturated rings. The number of nitrogens with zero attached hydrogens (tertiary/aromatic N) is 4. The van der Waals surface area contributed by atoms with E-state index in [2.05, 4.69) is 15.3 Å². The van der Waals surface area contributed by atoms with E-state index in [-0.39, 0.29) is 17.7 Å². The summed E-state index contributed by atoms with van der Waals surface area (Å²) in [5.41, 5.74) is 0.902. The van der Waals surface area contributed by atoms with Crippen molar-refractivity contribution in [3.63, 3.8) is 0 Å². The summed E-state index contributed by atoms with van der Waals surface area (Å²) in [6, 6.07) is 0. The van der Waals surface area contributed by atoms with Crippen molar-refractivity contribution >= 4 is 28.3 Å². The molecule has 2 aromatic rings. The number of carbonyl (C=O) groups is 2. The van der Waals surface area contributed by atoms with Crippen LogP contribution in [-0.2, 0) is 23.1 Å². The smallest absolute Gasteiger partial charge is 0.229 e. The van der Waals surface area contributed by atoms with Gasteiger partial charge in [-0.2, -0.15) is 0 Å². The summed E-state index contributed by atoms with van der Waals surface area (Å²) in [4.78, 5) is 34.4. The van der Waals surface area contributed by atoms with E-state index in [0.29, 0.717) is 37.5 Å². The maximum atomic E-state index is 12.3. The van der Waals surface area contributed by atoms with Crippen molar-refractivity contribution in [1.29, 1.82) is 0 Å². The number of hydrogen-bond acceptors (Lipinski definition) is 5. The number of amides is 2. The number of imidazole rings is 1. The first-order valence-corrected chi connectivity index (χ1v) is 8.45. The Labute approximate surface area is 138 Å². The molecule has 0 atom stereocenters. The average molecular weight is 333 g/mol. The van der Waals surface area contributed by atoms with Gasteiger partial charge in [0, 0.05) is 49.5 Å². The molecule has 7 nitrogen and oxygen atoms in total. The van der Waals surface area contributed by atoms with Crippen LogP contribution in [0.2, 0.25) is 0 Å². The molecule has 122 valence electrons. The highest BCUT2D eigenvalue weighted by Gasteiger charge is 2.27. The lowest BCUT2D eigenvalue weighted by Crippen LogP contribution is -2.42. The Morgan fingerprint density at radius 3 is 2.78 bits per heavy atom. The Bertz CT molecular complexity index is 674. The number of carbonyl (C=O) groups excluding carboxylic acids is 2. The minimum absolute atomic E-state index is 0.00122. The fraction of sp³-hybridized carbons (Fsp3) is 0.467. The summed E-state index contributed by atoms with van der Waals surface area (Å²) >= 11 is 1.41. The number of likely N-dealkylation sites (tertiary alicyclic amines) is 1. The summed E-state index contributed by atoms with van der Waals surface area (Å²) in [5.74, 6) is 0.0331. The van der Waals surface area contributed by atoms with Gasteiger partial charge in [0.2, 0.25) is 11.8 Å². The molecule has 2 aromatic heterocycles. The number of thiazole rings is 1. The van der Waals surface area contributed by atoms with Crippen molar-refractivity contribution < 1.29 is 9.59 Å². The number of nitrogens with one attached hydrogen (secondary N) is 1. The fourth-order valence-corrected chi connectivity index (χ4v) is 3.24. The van der Waals surface area contributed by atoms with E-state index in [1.165, 1.54) is 11.3 Å². The highest BCUT2D eigenvalue weighted by molar-refractivity contribution is 7.13. The molecule has 2 amide bonds. The van der Waals surface area contributed by atoms with Crippen LogP contribution < -0.4 is 5.32 Å². The molecule has 8 heteroatoms. The quantitative estimate of drug-likeness (QED) is 0.914. The van der Waals surface area contributed by atoms with Crippen LogP contribution >= 0.6 is 11.3 Å². The molecule has 3 heterocycles. The topological polar surface area (TPSA) is 80.1 Å². The Morgan fingerprint density at radius 1 is 1.39 bits per heavy atom. The monoisotopic (exact) mass is 333 g/mol. The van der Waals surface area contributed by atoms with Gasteiger partial charge in [-0.15, -0.1) is 11.3 Å². The van der Waals surface area contributed by atoms with E-state index in [1.54, 1.807) is 18.7 Å². The van der Waals surface area contributed by atoms with Crippen LogP contribution in [0.15, 0.2) is 24.1 Å². The average Bonchev–Trinajstić information content (AvgIpc) is 3.20. The Balaban J connectivity index is 1.49. The summed E-state index contributed by atoms with van der Waals surface area (Å²) in [6.07, 6.45) is 6.80. The summed E-state index contributed by atoms with van der Waals surface area (Å²) in [6.45, 7) is 1.24. The normalized spacial score (nSPS) is 15.6. The SMILES string of the molecule is Cn1cncc1CC(=O)N1CCC(C(=O)Nc2nccs2)CC1. The van der Waals surface area contributed by atoms with E-state index in [1.807, 2.05) is 21.9 Å². The molecule has 23 heavy (non-hydrogen) atoms. The van der Waals surface area contributed by atoms with Gasteiger partial charge in [0.05, 0.1) is 12.7 Å². The summed E-state index contributed by atoms with van der Waals surface area (Å²) in [5, 5.41) is 5.29. The van der Waals surface area contributed by atoms with Crippen LogP contribution in [0.4, 0.5) is 5.13 Å². The van der Waals surface area contributed by atoms with Crippen LogP contribution in [0.3, 0.4) is 0 Å². The van der Waals surface area contributed by atoms with Crippen molar-refractivity contribution in [2.24, 2.45) is 13.0 Å². The van der Waals surface area contributed by atoms with Gasteiger partial charge < -0.3 is 14.8 Å². The molecule has 1 N–H and O–H groups in total. The largest absolute Gasteiger partial charge is 0.342 e. The molecular formula is C15H19N5O2S. The molecule has 3 rings (SSSR count). The summed E-state index contributed by atoms with van der Waals surface area (Å²) < 4.78 is 1.85. The lowest BCUT2D eigenvalue weighted by Gasteiger charge is -2.31.